The molecule has 0 aliphatic rings. The highest BCUT2D eigenvalue weighted by Crippen LogP contribution is 2.16. The zero-order valence-corrected chi connectivity index (χ0v) is 41.8. The van der Waals surface area contributed by atoms with Crippen molar-refractivity contribution in [2.45, 2.75) is 284 Å². The van der Waals surface area contributed by atoms with Crippen LogP contribution in [0.4, 0.5) is 0 Å². The van der Waals surface area contributed by atoms with Gasteiger partial charge in [-0.25, -0.2) is 0 Å². The van der Waals surface area contributed by atoms with Gasteiger partial charge in [-0.3, -0.25) is 14.4 Å². The van der Waals surface area contributed by atoms with Crippen LogP contribution < -0.4 is 0 Å². The smallest absolute Gasteiger partial charge is 0.306 e. The number of esters is 3. The molecule has 0 fully saturated rings. The van der Waals surface area contributed by atoms with Crippen molar-refractivity contribution < 1.29 is 28.6 Å². The number of unbranched alkanes of at least 4 members (excludes halogenated alkanes) is 30. The Bertz CT molecular complexity index is 1110. The molecular weight excluding hydrogens is 781 g/mol. The number of hydrogen-bond donors (Lipinski definition) is 0. The average molecular weight is 883 g/mol. The van der Waals surface area contributed by atoms with E-state index < -0.39 is 6.10 Å². The molecule has 0 unspecified atom stereocenters. The minimum Gasteiger partial charge on any atom is -0.462 e. The maximum Gasteiger partial charge on any atom is 0.306 e. The van der Waals surface area contributed by atoms with Crippen LogP contribution in [0, 0.1) is 0 Å². The summed E-state index contributed by atoms with van der Waals surface area (Å²) in [5.74, 6) is -0.915. The molecule has 63 heavy (non-hydrogen) atoms. The summed E-state index contributed by atoms with van der Waals surface area (Å²) in [6.07, 6.45) is 62.4. The second kappa shape index (κ2) is 52.0. The quantitative estimate of drug-likeness (QED) is 0.0262. The minimum absolute atomic E-state index is 0.0858. The summed E-state index contributed by atoms with van der Waals surface area (Å²) < 4.78 is 16.8. The van der Waals surface area contributed by atoms with Gasteiger partial charge in [-0.05, 0) is 57.8 Å². The van der Waals surface area contributed by atoms with Gasteiger partial charge in [0.2, 0.25) is 0 Å². The van der Waals surface area contributed by atoms with Crippen molar-refractivity contribution in [3.05, 3.63) is 48.6 Å². The van der Waals surface area contributed by atoms with Crippen molar-refractivity contribution in [3.8, 4) is 0 Å². The van der Waals surface area contributed by atoms with E-state index in [-0.39, 0.29) is 37.5 Å². The van der Waals surface area contributed by atoms with Gasteiger partial charge in [-0.15, -0.1) is 0 Å². The lowest BCUT2D eigenvalue weighted by Crippen LogP contribution is -2.30. The highest BCUT2D eigenvalue weighted by atomic mass is 16.6. The minimum atomic E-state index is -0.790. The molecule has 6 nitrogen and oxygen atoms in total. The van der Waals surface area contributed by atoms with E-state index in [1.807, 2.05) is 0 Å². The van der Waals surface area contributed by atoms with Crippen molar-refractivity contribution >= 4 is 17.9 Å². The Hall–Kier alpha value is -2.63. The predicted octanol–water partition coefficient (Wildman–Crippen LogP) is 17.9. The Balaban J connectivity index is 4.39. The first-order valence-corrected chi connectivity index (χ1v) is 27.1. The normalized spacial score (nSPS) is 12.4. The molecule has 0 aliphatic heterocycles. The molecule has 0 amide bonds. The van der Waals surface area contributed by atoms with Gasteiger partial charge in [-0.2, -0.15) is 0 Å². The molecule has 6 heteroatoms. The third-order valence-electron chi connectivity index (χ3n) is 11.8. The van der Waals surface area contributed by atoms with Gasteiger partial charge in [-0.1, -0.05) is 249 Å². The fourth-order valence-electron chi connectivity index (χ4n) is 7.79. The summed E-state index contributed by atoms with van der Waals surface area (Å²) in [5, 5.41) is 0. The molecule has 0 aliphatic carbocycles. The van der Waals surface area contributed by atoms with E-state index in [9.17, 15) is 14.4 Å². The van der Waals surface area contributed by atoms with E-state index in [0.29, 0.717) is 19.3 Å². The van der Waals surface area contributed by atoms with E-state index >= 15 is 0 Å². The largest absolute Gasteiger partial charge is 0.462 e. The van der Waals surface area contributed by atoms with Crippen LogP contribution in [0.25, 0.3) is 0 Å². The van der Waals surface area contributed by atoms with E-state index in [1.54, 1.807) is 0 Å². The number of hydrogen-bond acceptors (Lipinski definition) is 6. The van der Waals surface area contributed by atoms with Crippen LogP contribution in [0.1, 0.15) is 278 Å². The van der Waals surface area contributed by atoms with E-state index in [1.165, 1.54) is 154 Å². The van der Waals surface area contributed by atoms with Crippen LogP contribution in [0.15, 0.2) is 48.6 Å². The Morgan fingerprint density at radius 1 is 0.333 bits per heavy atom. The molecule has 0 bridgehead atoms. The molecule has 0 N–H and O–H groups in total. The third-order valence-corrected chi connectivity index (χ3v) is 11.8. The Kier molecular flexibility index (Phi) is 49.8. The fraction of sp³-hybridized carbons (Fsp3) is 0.807. The van der Waals surface area contributed by atoms with Crippen LogP contribution in [0.3, 0.4) is 0 Å². The summed E-state index contributed by atoms with van der Waals surface area (Å²) in [6.45, 7) is 6.52. The van der Waals surface area contributed by atoms with Crippen LogP contribution in [-0.2, 0) is 28.6 Å². The van der Waals surface area contributed by atoms with E-state index in [0.717, 1.165) is 77.0 Å². The lowest BCUT2D eigenvalue weighted by molar-refractivity contribution is -0.167. The van der Waals surface area contributed by atoms with Crippen molar-refractivity contribution in [2.24, 2.45) is 0 Å². The molecule has 0 saturated carbocycles. The number of carbonyl (C=O) groups is 3. The van der Waals surface area contributed by atoms with Gasteiger partial charge in [0.05, 0.1) is 0 Å². The summed E-state index contributed by atoms with van der Waals surface area (Å²) in [5.41, 5.74) is 0. The van der Waals surface area contributed by atoms with Crippen molar-refractivity contribution in [1.29, 1.82) is 0 Å². The average Bonchev–Trinajstić information content (AvgIpc) is 3.28. The van der Waals surface area contributed by atoms with Crippen LogP contribution in [-0.4, -0.2) is 37.2 Å². The van der Waals surface area contributed by atoms with E-state index in [4.69, 9.17) is 14.2 Å². The Morgan fingerprint density at radius 2 is 0.619 bits per heavy atom. The summed E-state index contributed by atoms with van der Waals surface area (Å²) in [4.78, 5) is 38.0. The molecule has 0 saturated heterocycles. The van der Waals surface area contributed by atoms with E-state index in [2.05, 4.69) is 69.4 Å². The predicted molar refractivity (Wildman–Crippen MR) is 270 cm³/mol. The Labute approximate surface area is 390 Å². The third kappa shape index (κ3) is 50.2. The first kappa shape index (κ1) is 60.4. The summed E-state index contributed by atoms with van der Waals surface area (Å²) in [6, 6.07) is 0. The molecule has 0 rings (SSSR count). The lowest BCUT2D eigenvalue weighted by Gasteiger charge is -2.18. The van der Waals surface area contributed by atoms with Gasteiger partial charge in [0, 0.05) is 19.3 Å². The highest BCUT2D eigenvalue weighted by molar-refractivity contribution is 5.71. The topological polar surface area (TPSA) is 78.9 Å². The number of rotatable bonds is 49. The molecule has 0 aromatic rings. The number of ether oxygens (including phenoxy) is 3. The molecule has 0 heterocycles. The van der Waals surface area contributed by atoms with Crippen molar-refractivity contribution in [3.63, 3.8) is 0 Å². The van der Waals surface area contributed by atoms with Crippen molar-refractivity contribution in [2.75, 3.05) is 13.2 Å². The Morgan fingerprint density at radius 3 is 0.968 bits per heavy atom. The number of allylic oxidation sites excluding steroid dienone is 8. The van der Waals surface area contributed by atoms with Crippen LogP contribution in [0.2, 0.25) is 0 Å². The molecule has 1 atom stereocenters. The monoisotopic (exact) mass is 883 g/mol. The molecule has 0 spiro atoms. The summed E-state index contributed by atoms with van der Waals surface area (Å²) in [7, 11) is 0. The first-order valence-electron chi connectivity index (χ1n) is 27.1. The van der Waals surface area contributed by atoms with Crippen LogP contribution >= 0.6 is 0 Å². The van der Waals surface area contributed by atoms with Crippen molar-refractivity contribution in [1.82, 2.24) is 0 Å². The molecular formula is C57H102O6. The maximum absolute atomic E-state index is 12.8. The molecule has 0 aromatic heterocycles. The molecule has 366 valence electrons. The number of carbonyl (C=O) groups excluding carboxylic acids is 3. The van der Waals surface area contributed by atoms with Crippen LogP contribution in [0.5, 0.6) is 0 Å². The lowest BCUT2D eigenvalue weighted by atomic mass is 10.0. The fourth-order valence-corrected chi connectivity index (χ4v) is 7.79. The maximum atomic E-state index is 12.8. The molecule has 0 radical (unpaired) electrons. The SMILES string of the molecule is CC/C=C\C/C=C\C/C=C\C/C=C\CCCCC(=O)O[C@@H](COC(=O)CCCCCCCCCCCCCCC)COC(=O)CCCCCCCCCCCCCCCCCCC. The standard InChI is InChI=1S/C57H102O6/c1-4-7-10-13-16-19-22-25-27-28-30-32-35-38-41-44-47-50-56(59)62-53-54(52-61-55(58)49-46-43-40-37-34-31-24-21-18-15-12-9-6-3)63-57(60)51-48-45-42-39-36-33-29-26-23-20-17-14-11-8-5-2/h8,11,17,20,26,29,36,39,54H,4-7,9-10,12-16,18-19,21-25,27-28,30-35,37-38,40-53H2,1-3H3/b11-8-,20-17-,29-26-,39-36-/t54-/m0/s1. The second-order valence-corrected chi connectivity index (χ2v) is 18.1. The first-order chi connectivity index (χ1) is 31.0. The van der Waals surface area contributed by atoms with Gasteiger partial charge in [0.15, 0.2) is 6.10 Å². The van der Waals surface area contributed by atoms with Gasteiger partial charge >= 0.3 is 17.9 Å². The molecule has 0 aromatic carbocycles. The summed E-state index contributed by atoms with van der Waals surface area (Å²) >= 11 is 0. The van der Waals surface area contributed by atoms with Gasteiger partial charge in [0.25, 0.3) is 0 Å². The van der Waals surface area contributed by atoms with Gasteiger partial charge in [0.1, 0.15) is 13.2 Å². The zero-order valence-electron chi connectivity index (χ0n) is 41.8. The second-order valence-electron chi connectivity index (χ2n) is 18.1. The zero-order chi connectivity index (χ0) is 45.8. The van der Waals surface area contributed by atoms with Gasteiger partial charge < -0.3 is 14.2 Å². The highest BCUT2D eigenvalue weighted by Gasteiger charge is 2.19.